The van der Waals surface area contributed by atoms with Crippen LogP contribution >= 0.6 is 57.4 Å². The summed E-state index contributed by atoms with van der Waals surface area (Å²) in [6.07, 6.45) is -0.414. The van der Waals surface area contributed by atoms with Crippen LogP contribution in [0.15, 0.2) is 24.3 Å². The molecule has 3 nitrogen and oxygen atoms in total. The zero-order valence-corrected chi connectivity index (χ0v) is 15.5. The highest BCUT2D eigenvalue weighted by Gasteiger charge is 2.34. The zero-order chi connectivity index (χ0) is 15.3. The maximum Gasteiger partial charge on any atom is 0.228 e. The van der Waals surface area contributed by atoms with Crippen molar-refractivity contribution in [1.29, 1.82) is 0 Å². The number of amides is 1. The summed E-state index contributed by atoms with van der Waals surface area (Å²) in [5.74, 6) is 0.0816. The molecule has 0 bridgehead atoms. The summed E-state index contributed by atoms with van der Waals surface area (Å²) in [5, 5.41) is 5.74. The number of anilines is 1. The maximum absolute atomic E-state index is 11.8. The Morgan fingerprint density at radius 1 is 1.35 bits per heavy atom. The Bertz CT molecular complexity index is 463. The minimum Gasteiger partial charge on any atom is -0.362 e. The topological polar surface area (TPSA) is 41.1 Å². The number of rotatable bonds is 5. The van der Waals surface area contributed by atoms with E-state index in [1.54, 1.807) is 0 Å². The average Bonchev–Trinajstić information content (AvgIpc) is 2.25. The molecular formula is C13H16Cl3IN2O. The first-order valence-electron chi connectivity index (χ1n) is 6.06. The highest BCUT2D eigenvalue weighted by atomic mass is 127. The van der Waals surface area contributed by atoms with Gasteiger partial charge in [-0.05, 0) is 46.7 Å². The Hall–Kier alpha value is 0.0900. The average molecular weight is 450 g/mol. The lowest BCUT2D eigenvalue weighted by atomic mass is 10.1. The van der Waals surface area contributed by atoms with E-state index in [9.17, 15) is 4.79 Å². The first kappa shape index (κ1) is 18.1. The summed E-state index contributed by atoms with van der Waals surface area (Å²) >= 11 is 20.0. The molecule has 112 valence electrons. The van der Waals surface area contributed by atoms with Crippen molar-refractivity contribution in [2.24, 2.45) is 5.92 Å². The minimum atomic E-state index is -1.64. The molecule has 20 heavy (non-hydrogen) atoms. The molecule has 1 aromatic rings. The lowest BCUT2D eigenvalue weighted by molar-refractivity contribution is -0.122. The van der Waals surface area contributed by atoms with Crippen molar-refractivity contribution in [3.63, 3.8) is 0 Å². The van der Waals surface area contributed by atoms with Crippen molar-refractivity contribution in [2.75, 3.05) is 5.32 Å². The molecule has 0 aromatic heterocycles. The van der Waals surface area contributed by atoms with Crippen LogP contribution in [0, 0.1) is 9.49 Å². The van der Waals surface area contributed by atoms with Crippen molar-refractivity contribution in [3.8, 4) is 0 Å². The minimum absolute atomic E-state index is 0.158. The van der Waals surface area contributed by atoms with Gasteiger partial charge in [-0.1, -0.05) is 54.7 Å². The van der Waals surface area contributed by atoms with Gasteiger partial charge in [-0.3, -0.25) is 4.79 Å². The SMILES string of the molecule is CC(C)CC(=O)N[C@H](Nc1cccc(I)c1)C(Cl)(Cl)Cl. The molecule has 0 aliphatic rings. The van der Waals surface area contributed by atoms with E-state index in [4.69, 9.17) is 34.8 Å². The van der Waals surface area contributed by atoms with Crippen molar-refractivity contribution in [2.45, 2.75) is 30.2 Å². The number of carbonyl (C=O) groups is 1. The molecule has 1 aromatic carbocycles. The van der Waals surface area contributed by atoms with Gasteiger partial charge in [0.15, 0.2) is 0 Å². The van der Waals surface area contributed by atoms with Gasteiger partial charge in [0.2, 0.25) is 9.70 Å². The van der Waals surface area contributed by atoms with Crippen LogP contribution in [-0.2, 0) is 4.79 Å². The third kappa shape index (κ3) is 6.70. The van der Waals surface area contributed by atoms with Crippen LogP contribution < -0.4 is 10.6 Å². The molecule has 0 aliphatic carbocycles. The van der Waals surface area contributed by atoms with E-state index in [1.807, 2.05) is 38.1 Å². The van der Waals surface area contributed by atoms with Crippen LogP contribution in [-0.4, -0.2) is 15.9 Å². The van der Waals surface area contributed by atoms with Crippen molar-refractivity contribution < 1.29 is 4.79 Å². The molecule has 1 amide bonds. The van der Waals surface area contributed by atoms with Crippen LogP contribution in [0.4, 0.5) is 5.69 Å². The number of carbonyl (C=O) groups excluding carboxylic acids is 1. The predicted molar refractivity (Wildman–Crippen MR) is 94.5 cm³/mol. The summed E-state index contributed by atoms with van der Waals surface area (Å²) in [6.45, 7) is 3.91. The van der Waals surface area contributed by atoms with E-state index in [0.717, 1.165) is 9.26 Å². The fourth-order valence-corrected chi connectivity index (χ4v) is 2.41. The predicted octanol–water partition coefficient (Wildman–Crippen LogP) is 4.56. The molecule has 7 heteroatoms. The second-order valence-electron chi connectivity index (χ2n) is 4.79. The number of hydrogen-bond donors (Lipinski definition) is 2. The standard InChI is InChI=1S/C13H16Cl3IN2O/c1-8(2)6-11(20)19-12(13(14,15)16)18-10-5-3-4-9(17)7-10/h3-5,7-8,12,18H,6H2,1-2H3,(H,19,20)/t12-/m0/s1. The van der Waals surface area contributed by atoms with Gasteiger partial charge in [-0.15, -0.1) is 0 Å². The highest BCUT2D eigenvalue weighted by molar-refractivity contribution is 14.1. The molecule has 0 saturated carbocycles. The van der Waals surface area contributed by atoms with E-state index in [-0.39, 0.29) is 11.8 Å². The van der Waals surface area contributed by atoms with Gasteiger partial charge in [-0.2, -0.15) is 0 Å². The Morgan fingerprint density at radius 2 is 2.00 bits per heavy atom. The summed E-state index contributed by atoms with van der Waals surface area (Å²) in [6, 6.07) is 7.58. The number of nitrogens with one attached hydrogen (secondary N) is 2. The van der Waals surface area contributed by atoms with Gasteiger partial charge in [0.25, 0.3) is 0 Å². The smallest absolute Gasteiger partial charge is 0.228 e. The fraction of sp³-hybridized carbons (Fsp3) is 0.462. The molecule has 0 aliphatic heterocycles. The number of benzene rings is 1. The Kier molecular flexibility index (Phi) is 7.18. The number of hydrogen-bond acceptors (Lipinski definition) is 2. The summed E-state index contributed by atoms with van der Waals surface area (Å²) in [7, 11) is 0. The molecule has 0 radical (unpaired) electrons. The van der Waals surface area contributed by atoms with Gasteiger partial charge in [0.05, 0.1) is 0 Å². The molecule has 0 heterocycles. The molecule has 0 saturated heterocycles. The number of alkyl halides is 3. The molecule has 0 spiro atoms. The molecule has 0 unspecified atom stereocenters. The van der Waals surface area contributed by atoms with E-state index < -0.39 is 9.96 Å². The maximum atomic E-state index is 11.8. The first-order chi connectivity index (χ1) is 9.18. The van der Waals surface area contributed by atoms with Gasteiger partial charge in [-0.25, -0.2) is 0 Å². The largest absolute Gasteiger partial charge is 0.362 e. The molecular weight excluding hydrogens is 433 g/mol. The van der Waals surface area contributed by atoms with Crippen LogP contribution in [0.2, 0.25) is 0 Å². The van der Waals surface area contributed by atoms with E-state index in [1.165, 1.54) is 0 Å². The lowest BCUT2D eigenvalue weighted by Crippen LogP contribution is -2.49. The Labute approximate surface area is 147 Å². The quantitative estimate of drug-likeness (QED) is 0.393. The highest BCUT2D eigenvalue weighted by Crippen LogP contribution is 2.31. The van der Waals surface area contributed by atoms with Gasteiger partial charge >= 0.3 is 0 Å². The van der Waals surface area contributed by atoms with Crippen LogP contribution in [0.5, 0.6) is 0 Å². The monoisotopic (exact) mass is 448 g/mol. The third-order valence-electron chi connectivity index (χ3n) is 2.36. The third-order valence-corrected chi connectivity index (χ3v) is 3.69. The van der Waals surface area contributed by atoms with Crippen molar-refractivity contribution in [3.05, 3.63) is 27.8 Å². The van der Waals surface area contributed by atoms with Gasteiger partial charge in [0, 0.05) is 15.7 Å². The molecule has 0 fully saturated rings. The number of halogens is 4. The van der Waals surface area contributed by atoms with Crippen LogP contribution in [0.1, 0.15) is 20.3 Å². The van der Waals surface area contributed by atoms with Gasteiger partial charge in [0.1, 0.15) is 6.17 Å². The second-order valence-corrected chi connectivity index (χ2v) is 8.41. The Morgan fingerprint density at radius 3 is 2.50 bits per heavy atom. The molecule has 2 N–H and O–H groups in total. The normalized spacial score (nSPS) is 13.2. The Balaban J connectivity index is 2.78. The van der Waals surface area contributed by atoms with E-state index in [2.05, 4.69) is 33.2 Å². The molecule has 1 atom stereocenters. The molecule has 1 rings (SSSR count). The fourth-order valence-electron chi connectivity index (χ4n) is 1.54. The van der Waals surface area contributed by atoms with Crippen LogP contribution in [0.3, 0.4) is 0 Å². The van der Waals surface area contributed by atoms with Crippen molar-refractivity contribution >= 4 is 69.0 Å². The second kappa shape index (κ2) is 7.92. The first-order valence-corrected chi connectivity index (χ1v) is 8.28. The summed E-state index contributed by atoms with van der Waals surface area (Å²) < 4.78 is -0.599. The van der Waals surface area contributed by atoms with E-state index in [0.29, 0.717) is 6.42 Å². The zero-order valence-electron chi connectivity index (χ0n) is 11.1. The summed E-state index contributed by atoms with van der Waals surface area (Å²) in [4.78, 5) is 11.8. The van der Waals surface area contributed by atoms with E-state index >= 15 is 0 Å². The summed E-state index contributed by atoms with van der Waals surface area (Å²) in [5.41, 5.74) is 0.776. The van der Waals surface area contributed by atoms with Crippen molar-refractivity contribution in [1.82, 2.24) is 5.32 Å². The van der Waals surface area contributed by atoms with Crippen LogP contribution in [0.25, 0.3) is 0 Å². The lowest BCUT2D eigenvalue weighted by Gasteiger charge is -2.27. The van der Waals surface area contributed by atoms with Gasteiger partial charge < -0.3 is 10.6 Å².